The second kappa shape index (κ2) is 5.52. The molecule has 0 radical (unpaired) electrons. The molecule has 1 aromatic heterocycles. The molecule has 1 heterocycles. The summed E-state index contributed by atoms with van der Waals surface area (Å²) in [6, 6.07) is 2.81. The van der Waals surface area contributed by atoms with Crippen molar-refractivity contribution in [3.8, 4) is 0 Å². The number of hydrogen-bond acceptors (Lipinski definition) is 2. The predicted molar refractivity (Wildman–Crippen MR) is 65.1 cm³/mol. The van der Waals surface area contributed by atoms with E-state index in [-0.39, 0.29) is 0 Å². The Morgan fingerprint density at radius 2 is 2.07 bits per heavy atom. The molecule has 1 aromatic rings. The zero-order valence-electron chi connectivity index (χ0n) is 9.63. The average molecular weight is 211 g/mol. The lowest BCUT2D eigenvalue weighted by molar-refractivity contribution is 0.477. The van der Waals surface area contributed by atoms with Crippen molar-refractivity contribution in [1.29, 1.82) is 0 Å². The standard InChI is InChI=1S/C12H21NS/c1-9(2)13-8-10(3)7-12-11(4)5-6-14-12/h5-6,9-10,13H,7-8H2,1-4H3. The topological polar surface area (TPSA) is 12.0 Å². The summed E-state index contributed by atoms with van der Waals surface area (Å²) in [6.07, 6.45) is 1.21. The van der Waals surface area contributed by atoms with E-state index in [1.165, 1.54) is 12.0 Å². The Kier molecular flexibility index (Phi) is 4.63. The smallest absolute Gasteiger partial charge is 0.00775 e. The highest BCUT2D eigenvalue weighted by Gasteiger charge is 2.07. The molecule has 2 heteroatoms. The first-order valence-electron chi connectivity index (χ1n) is 5.36. The second-order valence-electron chi connectivity index (χ2n) is 4.40. The molecule has 0 aromatic carbocycles. The van der Waals surface area contributed by atoms with Crippen molar-refractivity contribution in [2.75, 3.05) is 6.54 Å². The number of nitrogens with one attached hydrogen (secondary N) is 1. The normalized spacial score (nSPS) is 13.5. The molecular weight excluding hydrogens is 190 g/mol. The molecule has 0 saturated heterocycles. The van der Waals surface area contributed by atoms with Crippen LogP contribution in [0.1, 0.15) is 31.2 Å². The van der Waals surface area contributed by atoms with E-state index < -0.39 is 0 Å². The minimum atomic E-state index is 0.599. The summed E-state index contributed by atoms with van der Waals surface area (Å²) >= 11 is 1.88. The summed E-state index contributed by atoms with van der Waals surface area (Å²) in [5, 5.41) is 5.67. The minimum absolute atomic E-state index is 0.599. The Bertz CT molecular complexity index is 265. The van der Waals surface area contributed by atoms with Crippen molar-refractivity contribution in [3.63, 3.8) is 0 Å². The highest BCUT2D eigenvalue weighted by molar-refractivity contribution is 7.10. The lowest BCUT2D eigenvalue weighted by Gasteiger charge is -2.14. The van der Waals surface area contributed by atoms with Crippen LogP contribution in [0.15, 0.2) is 11.4 Å². The molecule has 0 spiro atoms. The molecule has 0 aliphatic carbocycles. The van der Waals surface area contributed by atoms with E-state index in [9.17, 15) is 0 Å². The van der Waals surface area contributed by atoms with Gasteiger partial charge in [-0.1, -0.05) is 20.8 Å². The molecule has 1 atom stereocenters. The fourth-order valence-electron chi connectivity index (χ4n) is 1.44. The van der Waals surface area contributed by atoms with E-state index in [4.69, 9.17) is 0 Å². The molecule has 0 bridgehead atoms. The quantitative estimate of drug-likeness (QED) is 0.788. The number of aryl methyl sites for hydroxylation is 1. The van der Waals surface area contributed by atoms with Crippen LogP contribution in [0.3, 0.4) is 0 Å². The third-order valence-electron chi connectivity index (χ3n) is 2.38. The van der Waals surface area contributed by atoms with E-state index >= 15 is 0 Å². The summed E-state index contributed by atoms with van der Waals surface area (Å²) < 4.78 is 0. The second-order valence-corrected chi connectivity index (χ2v) is 5.40. The first-order chi connectivity index (χ1) is 6.59. The highest BCUT2D eigenvalue weighted by atomic mass is 32.1. The lowest BCUT2D eigenvalue weighted by atomic mass is 10.0. The van der Waals surface area contributed by atoms with Gasteiger partial charge < -0.3 is 5.32 Å². The molecule has 0 aliphatic rings. The largest absolute Gasteiger partial charge is 0.314 e. The van der Waals surface area contributed by atoms with Crippen molar-refractivity contribution in [3.05, 3.63) is 21.9 Å². The van der Waals surface area contributed by atoms with Crippen molar-refractivity contribution >= 4 is 11.3 Å². The summed E-state index contributed by atoms with van der Waals surface area (Å²) in [4.78, 5) is 1.54. The van der Waals surface area contributed by atoms with Gasteiger partial charge in [0.05, 0.1) is 0 Å². The minimum Gasteiger partial charge on any atom is -0.314 e. The summed E-state index contributed by atoms with van der Waals surface area (Å²) in [6.45, 7) is 10.0. The Balaban J connectivity index is 2.34. The van der Waals surface area contributed by atoms with Gasteiger partial charge in [-0.25, -0.2) is 0 Å². The molecule has 1 rings (SSSR count). The molecule has 0 saturated carbocycles. The molecule has 1 unspecified atom stereocenters. The molecule has 1 nitrogen and oxygen atoms in total. The SMILES string of the molecule is Cc1ccsc1CC(C)CNC(C)C. The van der Waals surface area contributed by atoms with Gasteiger partial charge in [0.1, 0.15) is 0 Å². The van der Waals surface area contributed by atoms with Crippen LogP contribution in [-0.4, -0.2) is 12.6 Å². The molecule has 0 aliphatic heterocycles. The molecule has 80 valence electrons. The Hall–Kier alpha value is -0.340. The maximum atomic E-state index is 3.48. The third-order valence-corrected chi connectivity index (χ3v) is 3.42. The Morgan fingerprint density at radius 1 is 1.36 bits per heavy atom. The summed E-state index contributed by atoms with van der Waals surface area (Å²) in [7, 11) is 0. The monoisotopic (exact) mass is 211 g/mol. The van der Waals surface area contributed by atoms with E-state index in [1.807, 2.05) is 11.3 Å². The van der Waals surface area contributed by atoms with Gasteiger partial charge >= 0.3 is 0 Å². The van der Waals surface area contributed by atoms with Gasteiger partial charge in [0.15, 0.2) is 0 Å². The van der Waals surface area contributed by atoms with Crippen LogP contribution in [0.5, 0.6) is 0 Å². The first kappa shape index (κ1) is 11.7. The predicted octanol–water partition coefficient (Wildman–Crippen LogP) is 3.23. The molecule has 1 N–H and O–H groups in total. The van der Waals surface area contributed by atoms with Crippen LogP contribution < -0.4 is 5.32 Å². The van der Waals surface area contributed by atoms with Crippen LogP contribution in [0.25, 0.3) is 0 Å². The van der Waals surface area contributed by atoms with Crippen LogP contribution in [0, 0.1) is 12.8 Å². The van der Waals surface area contributed by atoms with Crippen LogP contribution in [0.2, 0.25) is 0 Å². The molecule has 0 fully saturated rings. The third kappa shape index (κ3) is 3.81. The van der Waals surface area contributed by atoms with Gasteiger partial charge in [-0.15, -0.1) is 11.3 Å². The van der Waals surface area contributed by atoms with E-state index in [0.29, 0.717) is 6.04 Å². The van der Waals surface area contributed by atoms with Crippen molar-refractivity contribution < 1.29 is 0 Å². The van der Waals surface area contributed by atoms with E-state index in [0.717, 1.165) is 12.5 Å². The van der Waals surface area contributed by atoms with Crippen molar-refractivity contribution in [2.45, 2.75) is 40.2 Å². The zero-order chi connectivity index (χ0) is 10.6. The average Bonchev–Trinajstić information content (AvgIpc) is 2.49. The van der Waals surface area contributed by atoms with Crippen LogP contribution in [0.4, 0.5) is 0 Å². The zero-order valence-corrected chi connectivity index (χ0v) is 10.4. The Morgan fingerprint density at radius 3 is 2.57 bits per heavy atom. The van der Waals surface area contributed by atoms with Gasteiger partial charge in [-0.2, -0.15) is 0 Å². The van der Waals surface area contributed by atoms with Gasteiger partial charge in [0.25, 0.3) is 0 Å². The number of rotatable bonds is 5. The lowest BCUT2D eigenvalue weighted by Crippen LogP contribution is -2.28. The first-order valence-corrected chi connectivity index (χ1v) is 6.24. The molecule has 0 amide bonds. The van der Waals surface area contributed by atoms with Gasteiger partial charge in [0.2, 0.25) is 0 Å². The fraction of sp³-hybridized carbons (Fsp3) is 0.667. The summed E-state index contributed by atoms with van der Waals surface area (Å²) in [5.41, 5.74) is 1.45. The fourth-order valence-corrected chi connectivity index (χ4v) is 2.51. The van der Waals surface area contributed by atoms with Gasteiger partial charge in [-0.05, 0) is 42.8 Å². The maximum Gasteiger partial charge on any atom is 0.00775 e. The maximum absolute atomic E-state index is 3.48. The van der Waals surface area contributed by atoms with Crippen LogP contribution >= 0.6 is 11.3 Å². The summed E-state index contributed by atoms with van der Waals surface area (Å²) in [5.74, 6) is 0.731. The van der Waals surface area contributed by atoms with E-state index in [1.54, 1.807) is 4.88 Å². The highest BCUT2D eigenvalue weighted by Crippen LogP contribution is 2.19. The van der Waals surface area contributed by atoms with Gasteiger partial charge in [0, 0.05) is 10.9 Å². The number of hydrogen-bond donors (Lipinski definition) is 1. The number of thiophene rings is 1. The van der Waals surface area contributed by atoms with Crippen LogP contribution in [-0.2, 0) is 6.42 Å². The molecule has 14 heavy (non-hydrogen) atoms. The van der Waals surface area contributed by atoms with Crippen molar-refractivity contribution in [1.82, 2.24) is 5.32 Å². The van der Waals surface area contributed by atoms with Crippen molar-refractivity contribution in [2.24, 2.45) is 5.92 Å². The van der Waals surface area contributed by atoms with Gasteiger partial charge in [-0.3, -0.25) is 0 Å². The Labute approximate surface area is 91.5 Å². The van der Waals surface area contributed by atoms with E-state index in [2.05, 4.69) is 44.5 Å². The molecular formula is C12H21NS.